The van der Waals surface area contributed by atoms with Crippen molar-refractivity contribution in [1.82, 2.24) is 4.98 Å². The van der Waals surface area contributed by atoms with E-state index in [9.17, 15) is 5.11 Å². The van der Waals surface area contributed by atoms with Crippen LogP contribution in [0.3, 0.4) is 0 Å². The number of rotatable bonds is 9. The van der Waals surface area contributed by atoms with Crippen molar-refractivity contribution in [3.8, 4) is 11.5 Å². The maximum absolute atomic E-state index is 9.44. The smallest absolute Gasteiger partial charge is 0.128 e. The van der Waals surface area contributed by atoms with E-state index < -0.39 is 0 Å². The van der Waals surface area contributed by atoms with Crippen LogP contribution in [0.2, 0.25) is 0 Å². The lowest BCUT2D eigenvalue weighted by Gasteiger charge is -2.11. The molecule has 0 aliphatic rings. The van der Waals surface area contributed by atoms with Gasteiger partial charge in [-0.3, -0.25) is 4.98 Å². The zero-order valence-electron chi connectivity index (χ0n) is 15.1. The standard InChI is InChI=1S/C22H25NO3/c1-25-19-9-5-8-17(15-19)7-3-2-4-14-26-21-12-11-18(16-24)22-20(21)10-6-13-23-22/h5-6,8-13,15,24H,2-4,7,14,16H2,1H3. The molecule has 0 saturated carbocycles. The third kappa shape index (κ3) is 4.52. The van der Waals surface area contributed by atoms with Crippen LogP contribution < -0.4 is 9.47 Å². The number of unbranched alkanes of at least 4 members (excludes halogenated alkanes) is 2. The van der Waals surface area contributed by atoms with Crippen LogP contribution in [0.4, 0.5) is 0 Å². The first-order valence-electron chi connectivity index (χ1n) is 9.05. The summed E-state index contributed by atoms with van der Waals surface area (Å²) in [4.78, 5) is 4.37. The molecule has 0 saturated heterocycles. The molecule has 0 amide bonds. The highest BCUT2D eigenvalue weighted by molar-refractivity contribution is 5.87. The van der Waals surface area contributed by atoms with Gasteiger partial charge in [0.25, 0.3) is 0 Å². The summed E-state index contributed by atoms with van der Waals surface area (Å²) < 4.78 is 11.2. The van der Waals surface area contributed by atoms with Crippen molar-refractivity contribution < 1.29 is 14.6 Å². The molecule has 1 N–H and O–H groups in total. The Morgan fingerprint density at radius 2 is 1.92 bits per heavy atom. The molecule has 0 unspecified atom stereocenters. The molecule has 0 atom stereocenters. The summed E-state index contributed by atoms with van der Waals surface area (Å²) in [7, 11) is 1.70. The van der Waals surface area contributed by atoms with Gasteiger partial charge in [-0.15, -0.1) is 0 Å². The average Bonchev–Trinajstić information content (AvgIpc) is 2.70. The van der Waals surface area contributed by atoms with Gasteiger partial charge in [0.1, 0.15) is 11.5 Å². The highest BCUT2D eigenvalue weighted by Gasteiger charge is 2.07. The van der Waals surface area contributed by atoms with Crippen LogP contribution in [-0.2, 0) is 13.0 Å². The quantitative estimate of drug-likeness (QED) is 0.576. The van der Waals surface area contributed by atoms with Crippen molar-refractivity contribution in [2.75, 3.05) is 13.7 Å². The Kier molecular flexibility index (Phi) is 6.45. The fraction of sp³-hybridized carbons (Fsp3) is 0.318. The fourth-order valence-corrected chi connectivity index (χ4v) is 3.08. The van der Waals surface area contributed by atoms with Crippen LogP contribution in [0.5, 0.6) is 11.5 Å². The van der Waals surface area contributed by atoms with Gasteiger partial charge in [-0.1, -0.05) is 18.2 Å². The third-order valence-electron chi connectivity index (χ3n) is 4.49. The van der Waals surface area contributed by atoms with Crippen molar-refractivity contribution in [3.63, 3.8) is 0 Å². The lowest BCUT2D eigenvalue weighted by molar-refractivity contribution is 0.282. The molecule has 1 aromatic heterocycles. The van der Waals surface area contributed by atoms with E-state index in [0.29, 0.717) is 6.61 Å². The topological polar surface area (TPSA) is 51.6 Å². The van der Waals surface area contributed by atoms with Gasteiger partial charge in [0.05, 0.1) is 25.8 Å². The lowest BCUT2D eigenvalue weighted by Crippen LogP contribution is -2.00. The van der Waals surface area contributed by atoms with E-state index in [1.165, 1.54) is 5.56 Å². The monoisotopic (exact) mass is 351 g/mol. The van der Waals surface area contributed by atoms with Gasteiger partial charge in [0.15, 0.2) is 0 Å². The van der Waals surface area contributed by atoms with E-state index in [1.807, 2.05) is 36.4 Å². The molecule has 26 heavy (non-hydrogen) atoms. The molecule has 2 aromatic carbocycles. The van der Waals surface area contributed by atoms with E-state index in [0.717, 1.165) is 53.6 Å². The van der Waals surface area contributed by atoms with Crippen LogP contribution in [-0.4, -0.2) is 23.8 Å². The number of ether oxygens (including phenoxy) is 2. The molecular formula is C22H25NO3. The van der Waals surface area contributed by atoms with E-state index in [-0.39, 0.29) is 6.61 Å². The summed E-state index contributed by atoms with van der Waals surface area (Å²) >= 11 is 0. The van der Waals surface area contributed by atoms with Crippen molar-refractivity contribution in [2.45, 2.75) is 32.3 Å². The Bertz CT molecular complexity index is 848. The summed E-state index contributed by atoms with van der Waals surface area (Å²) in [5, 5.41) is 10.4. The second-order valence-corrected chi connectivity index (χ2v) is 6.29. The Hall–Kier alpha value is -2.59. The molecule has 0 aliphatic heterocycles. The molecular weight excluding hydrogens is 326 g/mol. The molecule has 3 aromatic rings. The minimum absolute atomic E-state index is 0.0158. The molecule has 3 rings (SSSR count). The lowest BCUT2D eigenvalue weighted by atomic mass is 10.1. The number of pyridine rings is 1. The largest absolute Gasteiger partial charge is 0.497 e. The van der Waals surface area contributed by atoms with E-state index in [2.05, 4.69) is 17.1 Å². The summed E-state index contributed by atoms with van der Waals surface area (Å²) in [6, 6.07) is 15.9. The van der Waals surface area contributed by atoms with E-state index >= 15 is 0 Å². The van der Waals surface area contributed by atoms with Gasteiger partial charge in [-0.05, 0) is 61.6 Å². The number of aryl methyl sites for hydroxylation is 1. The molecule has 1 heterocycles. The number of hydrogen-bond acceptors (Lipinski definition) is 4. The van der Waals surface area contributed by atoms with Crippen LogP contribution in [0.25, 0.3) is 10.9 Å². The van der Waals surface area contributed by atoms with Gasteiger partial charge in [-0.2, -0.15) is 0 Å². The van der Waals surface area contributed by atoms with Crippen LogP contribution >= 0.6 is 0 Å². The fourth-order valence-electron chi connectivity index (χ4n) is 3.08. The second kappa shape index (κ2) is 9.20. The molecule has 4 nitrogen and oxygen atoms in total. The first-order valence-corrected chi connectivity index (χ1v) is 9.05. The second-order valence-electron chi connectivity index (χ2n) is 6.29. The van der Waals surface area contributed by atoms with Crippen molar-refractivity contribution in [2.24, 2.45) is 0 Å². The summed E-state index contributed by atoms with van der Waals surface area (Å²) in [5.74, 6) is 1.75. The molecule has 0 bridgehead atoms. The van der Waals surface area contributed by atoms with E-state index in [4.69, 9.17) is 9.47 Å². The summed E-state index contributed by atoms with van der Waals surface area (Å²) in [6.45, 7) is 0.665. The number of fused-ring (bicyclic) bond motifs is 1. The van der Waals surface area contributed by atoms with Crippen LogP contribution in [0.15, 0.2) is 54.7 Å². The van der Waals surface area contributed by atoms with Crippen LogP contribution in [0, 0.1) is 0 Å². The number of aliphatic hydroxyl groups is 1. The Morgan fingerprint density at radius 3 is 2.77 bits per heavy atom. The molecule has 0 spiro atoms. The number of aliphatic hydroxyl groups excluding tert-OH is 1. The normalized spacial score (nSPS) is 10.8. The number of nitrogens with zero attached hydrogens (tertiary/aromatic N) is 1. The number of hydrogen-bond donors (Lipinski definition) is 1. The van der Waals surface area contributed by atoms with Gasteiger partial charge in [0.2, 0.25) is 0 Å². The molecule has 136 valence electrons. The van der Waals surface area contributed by atoms with Crippen molar-refractivity contribution in [1.29, 1.82) is 0 Å². The van der Waals surface area contributed by atoms with Gasteiger partial charge in [0, 0.05) is 17.1 Å². The summed E-state index contributed by atoms with van der Waals surface area (Å²) in [6.07, 6.45) is 6.04. The maximum atomic E-state index is 9.44. The number of aromatic nitrogens is 1. The molecule has 4 heteroatoms. The third-order valence-corrected chi connectivity index (χ3v) is 4.49. The average molecular weight is 351 g/mol. The van der Waals surface area contributed by atoms with Gasteiger partial charge >= 0.3 is 0 Å². The zero-order valence-corrected chi connectivity index (χ0v) is 15.1. The minimum atomic E-state index is -0.0158. The number of methoxy groups -OCH3 is 1. The SMILES string of the molecule is COc1cccc(CCCCCOc2ccc(CO)c3ncccc23)c1. The Morgan fingerprint density at radius 1 is 1.00 bits per heavy atom. The molecule has 0 aliphatic carbocycles. The molecule has 0 fully saturated rings. The van der Waals surface area contributed by atoms with Gasteiger partial charge in [-0.25, -0.2) is 0 Å². The molecule has 0 radical (unpaired) electrons. The van der Waals surface area contributed by atoms with Gasteiger partial charge < -0.3 is 14.6 Å². The highest BCUT2D eigenvalue weighted by atomic mass is 16.5. The zero-order chi connectivity index (χ0) is 18.2. The number of benzene rings is 2. The predicted octanol–water partition coefficient (Wildman–Crippen LogP) is 4.53. The Balaban J connectivity index is 1.47. The first kappa shape index (κ1) is 18.2. The first-order chi connectivity index (χ1) is 12.8. The van der Waals surface area contributed by atoms with E-state index in [1.54, 1.807) is 13.3 Å². The highest BCUT2D eigenvalue weighted by Crippen LogP contribution is 2.27. The van der Waals surface area contributed by atoms with Crippen molar-refractivity contribution in [3.05, 3.63) is 65.9 Å². The summed E-state index contributed by atoms with van der Waals surface area (Å²) in [5.41, 5.74) is 2.94. The maximum Gasteiger partial charge on any atom is 0.128 e. The predicted molar refractivity (Wildman–Crippen MR) is 104 cm³/mol. The van der Waals surface area contributed by atoms with Crippen molar-refractivity contribution >= 4 is 10.9 Å². The Labute approximate surface area is 154 Å². The minimum Gasteiger partial charge on any atom is -0.497 e. The van der Waals surface area contributed by atoms with Crippen LogP contribution in [0.1, 0.15) is 30.4 Å².